The third-order valence-electron chi connectivity index (χ3n) is 11.4. The van der Waals surface area contributed by atoms with Crippen LogP contribution in [0.25, 0.3) is 21.9 Å². The number of amides is 1. The fourth-order valence-corrected chi connectivity index (χ4v) is 9.30. The van der Waals surface area contributed by atoms with Crippen molar-refractivity contribution in [1.82, 2.24) is 19.5 Å². The van der Waals surface area contributed by atoms with Gasteiger partial charge in [-0.3, -0.25) is 15.1 Å². The van der Waals surface area contributed by atoms with Crippen LogP contribution in [0.5, 0.6) is 17.4 Å². The lowest BCUT2D eigenvalue weighted by molar-refractivity contribution is -0.302. The van der Waals surface area contributed by atoms with Gasteiger partial charge in [0.2, 0.25) is 5.88 Å². The van der Waals surface area contributed by atoms with E-state index in [0.29, 0.717) is 73.0 Å². The summed E-state index contributed by atoms with van der Waals surface area (Å²) in [5.74, 6) is 1.93. The van der Waals surface area contributed by atoms with E-state index in [2.05, 4.69) is 42.4 Å². The average molecular weight is 819 g/mol. The van der Waals surface area contributed by atoms with E-state index in [9.17, 15) is 14.3 Å². The maximum Gasteiger partial charge on any atom is 0.415 e. The number of aromatic amines is 1. The first-order valence-corrected chi connectivity index (χ1v) is 21.7. The zero-order valence-electron chi connectivity index (χ0n) is 34.5. The molecule has 3 heterocycles. The van der Waals surface area contributed by atoms with Gasteiger partial charge in [-0.15, -0.1) is 0 Å². The van der Waals surface area contributed by atoms with Crippen molar-refractivity contribution in [2.75, 3.05) is 37.6 Å². The normalized spacial score (nSPS) is 20.7. The second-order valence-electron chi connectivity index (χ2n) is 16.0. The van der Waals surface area contributed by atoms with Crippen molar-refractivity contribution in [3.05, 3.63) is 64.5 Å². The van der Waals surface area contributed by atoms with Crippen molar-refractivity contribution in [1.29, 1.82) is 0 Å². The van der Waals surface area contributed by atoms with Gasteiger partial charge >= 0.3 is 17.4 Å². The number of H-pyrrole nitrogens is 1. The Hall–Kier alpha value is -4.62. The zero-order valence-corrected chi connectivity index (χ0v) is 35.4. The van der Waals surface area contributed by atoms with E-state index in [4.69, 9.17) is 34.8 Å². The molecule has 14 nitrogen and oxygen atoms in total. The van der Waals surface area contributed by atoms with Crippen LogP contribution in [0, 0.1) is 44.1 Å². The van der Waals surface area contributed by atoms with Crippen molar-refractivity contribution in [3.8, 4) is 28.8 Å². The molecular formula is C43H58N6O8S. The number of ether oxygens (including phenoxy) is 3. The summed E-state index contributed by atoms with van der Waals surface area (Å²) in [6.45, 7) is 22.8. The number of aryl methyl sites for hydroxylation is 2. The maximum absolute atomic E-state index is 13.5. The summed E-state index contributed by atoms with van der Waals surface area (Å²) < 4.78 is 41.4. The Balaban J connectivity index is 1.29. The van der Waals surface area contributed by atoms with Crippen LogP contribution in [0.2, 0.25) is 0 Å². The minimum atomic E-state index is -1.99. The highest BCUT2D eigenvalue weighted by atomic mass is 32.2. The van der Waals surface area contributed by atoms with Gasteiger partial charge in [0, 0.05) is 24.2 Å². The van der Waals surface area contributed by atoms with Crippen LogP contribution in [0.3, 0.4) is 0 Å². The Morgan fingerprint density at radius 3 is 2.48 bits per heavy atom. The molecule has 1 aliphatic carbocycles. The topological polar surface area (TPSA) is 153 Å². The number of aromatic nitrogens is 3. The molecule has 4 unspecified atom stereocenters. The van der Waals surface area contributed by atoms with Crippen molar-refractivity contribution < 1.29 is 37.5 Å². The minimum Gasteiger partial charge on any atom is -0.490 e. The van der Waals surface area contributed by atoms with Crippen LogP contribution in [0.1, 0.15) is 102 Å². The molecule has 6 rings (SSSR count). The third-order valence-corrected chi connectivity index (χ3v) is 12.2. The average Bonchev–Trinajstić information content (AvgIpc) is 3.75. The fourth-order valence-electron chi connectivity index (χ4n) is 8.57. The van der Waals surface area contributed by atoms with Gasteiger partial charge in [-0.2, -0.15) is 4.21 Å². The molecule has 2 fully saturated rings. The number of nitrogens with zero attached hydrogens (tertiary/aromatic N) is 4. The number of fused-ring (bicyclic) bond motifs is 1. The Morgan fingerprint density at radius 2 is 1.78 bits per heavy atom. The first-order valence-electron chi connectivity index (χ1n) is 20.6. The van der Waals surface area contributed by atoms with Crippen LogP contribution in [-0.2, 0) is 20.9 Å². The lowest BCUT2D eigenvalue weighted by Gasteiger charge is -2.41. The lowest BCUT2D eigenvalue weighted by Crippen LogP contribution is -2.42. The second kappa shape index (κ2) is 19.9. The van der Waals surface area contributed by atoms with Crippen LogP contribution in [-0.4, -0.2) is 68.0 Å². The Morgan fingerprint density at radius 1 is 1.05 bits per heavy atom. The highest BCUT2D eigenvalue weighted by molar-refractivity contribution is 7.82. The molecule has 0 spiro atoms. The van der Waals surface area contributed by atoms with Gasteiger partial charge < -0.3 is 23.3 Å². The molecular weight excluding hydrogens is 761 g/mol. The van der Waals surface area contributed by atoms with Gasteiger partial charge in [0.25, 0.3) is 5.69 Å². The van der Waals surface area contributed by atoms with E-state index in [1.165, 1.54) is 35.1 Å². The summed E-state index contributed by atoms with van der Waals surface area (Å²) in [5.41, 5.74) is 3.57. The largest absolute Gasteiger partial charge is 0.490 e. The van der Waals surface area contributed by atoms with Gasteiger partial charge in [-0.25, -0.2) is 24.0 Å². The molecule has 1 saturated heterocycles. The molecule has 58 heavy (non-hydrogen) atoms. The summed E-state index contributed by atoms with van der Waals surface area (Å²) in [7, 11) is 0. The molecule has 1 amide bonds. The number of carbonyl (C=O) groups is 1. The molecule has 15 heteroatoms. The number of anilines is 1. The van der Waals surface area contributed by atoms with E-state index in [1.54, 1.807) is 6.07 Å². The van der Waals surface area contributed by atoms with Crippen LogP contribution >= 0.6 is 0 Å². The molecule has 1 aliphatic heterocycles. The fraction of sp³-hybridized carbons (Fsp3) is 0.558. The molecule has 2 aromatic carbocycles. The minimum absolute atomic E-state index is 0.0364. The van der Waals surface area contributed by atoms with Crippen LogP contribution in [0.4, 0.5) is 16.2 Å². The van der Waals surface area contributed by atoms with E-state index < -0.39 is 23.5 Å². The molecule has 314 valence electrons. The number of hydrogen-bond acceptors (Lipinski definition) is 9. The monoisotopic (exact) mass is 818 g/mol. The molecule has 2 aromatic heterocycles. The summed E-state index contributed by atoms with van der Waals surface area (Å²) in [5, 5.41) is 13.8. The standard InChI is InChI=1S/C43H58N6O8S/c1-8-9-10-11-12-13-20-54-34-17-14-27(2)25-35(34)57-58(52)47-33-26-32(16-15-29(33)4)40-45-41-37(39(56-51)36-30(5)23-28(3)24-31(36)6)38(44-7)42(49(41)46-40)55-43(50)48-18-21-53-22-19-48/h14-17,25-26,28,30-31,36,39,47,51H,8-13,18-24H2,1-6H3,(H,45,46). The summed E-state index contributed by atoms with van der Waals surface area (Å²) in [4.78, 5) is 29.1. The molecule has 4 aromatic rings. The van der Waals surface area contributed by atoms with E-state index >= 15 is 0 Å². The number of nitrogens with one attached hydrogen (secondary N) is 2. The highest BCUT2D eigenvalue weighted by Gasteiger charge is 2.43. The second-order valence-corrected chi connectivity index (χ2v) is 16.9. The van der Waals surface area contributed by atoms with Crippen molar-refractivity contribution in [2.24, 2.45) is 23.7 Å². The molecule has 0 radical (unpaired) electrons. The van der Waals surface area contributed by atoms with Gasteiger partial charge in [0.05, 0.1) is 32.1 Å². The first-order chi connectivity index (χ1) is 28.0. The number of morpholine rings is 1. The van der Waals surface area contributed by atoms with Gasteiger partial charge in [0.15, 0.2) is 23.0 Å². The Labute approximate surface area is 344 Å². The van der Waals surface area contributed by atoms with Crippen molar-refractivity contribution >= 4 is 34.4 Å². The number of unbranched alkanes of at least 4 members (excludes halogenated alkanes) is 5. The third kappa shape index (κ3) is 9.97. The molecule has 2 aliphatic rings. The molecule has 3 N–H and O–H groups in total. The van der Waals surface area contributed by atoms with Crippen LogP contribution < -0.4 is 18.4 Å². The van der Waals surface area contributed by atoms with E-state index in [0.717, 1.165) is 36.8 Å². The molecule has 0 bridgehead atoms. The smallest absolute Gasteiger partial charge is 0.415 e. The Bertz CT molecular complexity index is 2080. The van der Waals surface area contributed by atoms with Crippen molar-refractivity contribution in [2.45, 2.75) is 99.0 Å². The predicted molar refractivity (Wildman–Crippen MR) is 224 cm³/mol. The van der Waals surface area contributed by atoms with E-state index in [1.807, 2.05) is 44.2 Å². The SMILES string of the molecule is [C-]#[N+]c1c(C(OO)C2C(C)CC(C)CC2C)c2nc(-c3ccc(C)c(NS(=O)Oc4cc(C)ccc4OCCCCCCCC)c3)[nH]n2c1OC(=O)N1CCOCC1. The first kappa shape index (κ1) is 43.0. The number of carbonyl (C=O) groups excluding carboxylic acids is 1. The van der Waals surface area contributed by atoms with E-state index in [-0.39, 0.29) is 35.0 Å². The van der Waals surface area contributed by atoms with Gasteiger partial charge in [-0.05, 0) is 86.1 Å². The highest BCUT2D eigenvalue weighted by Crippen LogP contribution is 2.51. The predicted octanol–water partition coefficient (Wildman–Crippen LogP) is 9.99. The van der Waals surface area contributed by atoms with Crippen molar-refractivity contribution in [3.63, 3.8) is 0 Å². The Kier molecular flexibility index (Phi) is 14.7. The summed E-state index contributed by atoms with van der Waals surface area (Å²) in [6, 6.07) is 11.1. The lowest BCUT2D eigenvalue weighted by atomic mass is 9.66. The molecule has 1 saturated carbocycles. The number of rotatable bonds is 17. The maximum atomic E-state index is 13.5. The van der Waals surface area contributed by atoms with Gasteiger partial charge in [-0.1, -0.05) is 78.0 Å². The summed E-state index contributed by atoms with van der Waals surface area (Å²) >= 11 is -1.99. The number of hydrogen-bond donors (Lipinski definition) is 3. The van der Waals surface area contributed by atoms with Crippen LogP contribution in [0.15, 0.2) is 36.4 Å². The zero-order chi connectivity index (χ0) is 41.3. The van der Waals surface area contributed by atoms with Gasteiger partial charge in [0.1, 0.15) is 6.10 Å². The quantitative estimate of drug-likeness (QED) is 0.0409. The summed E-state index contributed by atoms with van der Waals surface area (Å²) in [6.07, 6.45) is 7.20. The molecule has 4 atom stereocenters. The number of benzene rings is 2.